The van der Waals surface area contributed by atoms with Crippen molar-refractivity contribution in [3.63, 3.8) is 0 Å². The first-order valence-corrected chi connectivity index (χ1v) is 16.6. The van der Waals surface area contributed by atoms with Crippen LogP contribution in [0.5, 0.6) is 5.75 Å². The van der Waals surface area contributed by atoms with Crippen molar-refractivity contribution in [1.82, 2.24) is 25.8 Å². The van der Waals surface area contributed by atoms with Crippen LogP contribution in [0, 0.1) is 5.92 Å². The zero-order chi connectivity index (χ0) is 33.2. The number of hydrogen-bond donors (Lipinski definition) is 3. The Bertz CT molecular complexity index is 1090. The van der Waals surface area contributed by atoms with E-state index in [0.29, 0.717) is 44.6 Å². The Hall–Kier alpha value is -3.47. The fraction of sp³-hybridized carbons (Fsp3) is 0.676. The molecule has 45 heavy (non-hydrogen) atoms. The molecule has 0 aromatic heterocycles. The van der Waals surface area contributed by atoms with Crippen LogP contribution in [0.4, 0.5) is 4.79 Å². The van der Waals surface area contributed by atoms with E-state index < -0.39 is 24.1 Å². The van der Waals surface area contributed by atoms with Crippen molar-refractivity contribution in [2.24, 2.45) is 5.92 Å². The van der Waals surface area contributed by atoms with E-state index in [0.717, 1.165) is 57.2 Å². The third-order valence-corrected chi connectivity index (χ3v) is 8.29. The molecule has 1 heterocycles. The summed E-state index contributed by atoms with van der Waals surface area (Å²) < 4.78 is 5.56. The summed E-state index contributed by atoms with van der Waals surface area (Å²) in [5.41, 5.74) is 0.776. The number of Topliss-reactive ketones (excluding diaryl/α,β-unsaturated/α-hetero) is 1. The fourth-order valence-electron chi connectivity index (χ4n) is 5.05. The number of amides is 4. The minimum atomic E-state index is -0.885. The quantitative estimate of drug-likeness (QED) is 0.198. The van der Waals surface area contributed by atoms with E-state index in [1.165, 1.54) is 0 Å². The standard InChI is InChI=1S/C34H55N5O6/c1-6-8-10-14-30(41)36-29(24-27-15-17-28(18-16-27)45-34(44)39-22-20-38(5)21-23-39)32(42)37-31(25(3)7-2)33(43)35-19-12-9-11-13-26(4)40/h15-18,25,29,31H,6-14,19-24H2,1-5H3,(H,35,43)(H,36,41)(H,37,42). The Morgan fingerprint density at radius 2 is 1.51 bits per heavy atom. The van der Waals surface area contributed by atoms with Crippen molar-refractivity contribution in [2.45, 2.75) is 104 Å². The number of carbonyl (C=O) groups is 5. The molecule has 3 unspecified atom stereocenters. The van der Waals surface area contributed by atoms with Gasteiger partial charge in [0.05, 0.1) is 0 Å². The molecule has 252 valence electrons. The molecule has 0 radical (unpaired) electrons. The van der Waals surface area contributed by atoms with Crippen LogP contribution in [0.1, 0.15) is 91.0 Å². The lowest BCUT2D eigenvalue weighted by atomic mass is 9.97. The van der Waals surface area contributed by atoms with E-state index in [4.69, 9.17) is 4.74 Å². The second kappa shape index (κ2) is 20.5. The lowest BCUT2D eigenvalue weighted by Crippen LogP contribution is -2.56. The molecule has 0 saturated carbocycles. The van der Waals surface area contributed by atoms with E-state index in [2.05, 4.69) is 27.8 Å². The number of rotatable bonds is 19. The van der Waals surface area contributed by atoms with E-state index in [-0.39, 0.29) is 29.9 Å². The number of nitrogens with zero attached hydrogens (tertiary/aromatic N) is 2. The number of likely N-dealkylation sites (N-methyl/N-ethyl adjacent to an activating group) is 1. The fourth-order valence-corrected chi connectivity index (χ4v) is 5.05. The van der Waals surface area contributed by atoms with Crippen molar-refractivity contribution in [1.29, 1.82) is 0 Å². The van der Waals surface area contributed by atoms with Crippen molar-refractivity contribution in [3.8, 4) is 5.75 Å². The van der Waals surface area contributed by atoms with Crippen LogP contribution >= 0.6 is 0 Å². The first-order valence-electron chi connectivity index (χ1n) is 16.6. The van der Waals surface area contributed by atoms with E-state index in [9.17, 15) is 24.0 Å². The molecule has 11 heteroatoms. The second-order valence-electron chi connectivity index (χ2n) is 12.3. The largest absolute Gasteiger partial charge is 0.415 e. The van der Waals surface area contributed by atoms with Gasteiger partial charge in [0, 0.05) is 52.0 Å². The van der Waals surface area contributed by atoms with Crippen LogP contribution in [0.25, 0.3) is 0 Å². The van der Waals surface area contributed by atoms with Crippen LogP contribution in [-0.4, -0.2) is 91.3 Å². The minimum Gasteiger partial charge on any atom is -0.410 e. The Morgan fingerprint density at radius 1 is 0.844 bits per heavy atom. The summed E-state index contributed by atoms with van der Waals surface area (Å²) in [5.74, 6) is -0.457. The predicted molar refractivity (Wildman–Crippen MR) is 175 cm³/mol. The van der Waals surface area contributed by atoms with Crippen LogP contribution in [-0.2, 0) is 25.6 Å². The highest BCUT2D eigenvalue weighted by Gasteiger charge is 2.30. The summed E-state index contributed by atoms with van der Waals surface area (Å²) in [6, 6.07) is 5.29. The number of nitrogens with one attached hydrogen (secondary N) is 3. The summed E-state index contributed by atoms with van der Waals surface area (Å²) in [6.07, 6.45) is 6.35. The SMILES string of the molecule is CCCCCC(=O)NC(Cc1ccc(OC(=O)N2CCN(C)CC2)cc1)C(=O)NC(C(=O)NCCCCCC(C)=O)C(C)CC. The summed E-state index contributed by atoms with van der Waals surface area (Å²) in [6.45, 7) is 10.8. The van der Waals surface area contributed by atoms with Crippen LogP contribution in [0.3, 0.4) is 0 Å². The number of unbranched alkanes of at least 4 members (excludes halogenated alkanes) is 4. The van der Waals surface area contributed by atoms with Crippen molar-refractivity contribution >= 4 is 29.6 Å². The van der Waals surface area contributed by atoms with Gasteiger partial charge in [-0.2, -0.15) is 0 Å². The molecule has 1 aliphatic heterocycles. The van der Waals surface area contributed by atoms with E-state index in [1.54, 1.807) is 36.1 Å². The lowest BCUT2D eigenvalue weighted by Gasteiger charge is -2.31. The Labute approximate surface area is 269 Å². The van der Waals surface area contributed by atoms with Gasteiger partial charge in [0.15, 0.2) is 0 Å². The molecule has 1 fully saturated rings. The summed E-state index contributed by atoms with van der Waals surface area (Å²) in [7, 11) is 2.02. The van der Waals surface area contributed by atoms with Crippen molar-refractivity contribution in [3.05, 3.63) is 29.8 Å². The zero-order valence-corrected chi connectivity index (χ0v) is 28.0. The highest BCUT2D eigenvalue weighted by atomic mass is 16.6. The summed E-state index contributed by atoms with van der Waals surface area (Å²) in [5, 5.41) is 8.73. The Morgan fingerprint density at radius 3 is 2.13 bits per heavy atom. The molecule has 11 nitrogen and oxygen atoms in total. The number of piperazine rings is 1. The summed E-state index contributed by atoms with van der Waals surface area (Å²) >= 11 is 0. The van der Waals surface area contributed by atoms with Gasteiger partial charge in [-0.3, -0.25) is 14.4 Å². The molecule has 3 N–H and O–H groups in total. The molecule has 3 atom stereocenters. The van der Waals surface area contributed by atoms with Gasteiger partial charge in [-0.1, -0.05) is 58.6 Å². The normalized spacial score (nSPS) is 15.4. The topological polar surface area (TPSA) is 137 Å². The predicted octanol–water partition coefficient (Wildman–Crippen LogP) is 3.84. The zero-order valence-electron chi connectivity index (χ0n) is 28.0. The molecule has 0 aliphatic carbocycles. The van der Waals surface area contributed by atoms with Crippen LogP contribution < -0.4 is 20.7 Å². The number of ketones is 1. The van der Waals surface area contributed by atoms with Crippen molar-refractivity contribution in [2.75, 3.05) is 39.8 Å². The first-order chi connectivity index (χ1) is 21.5. The Balaban J connectivity index is 2.06. The smallest absolute Gasteiger partial charge is 0.410 e. The molecule has 1 aliphatic rings. The third kappa shape index (κ3) is 14.4. The van der Waals surface area contributed by atoms with Gasteiger partial charge in [-0.05, 0) is 56.8 Å². The highest BCUT2D eigenvalue weighted by Crippen LogP contribution is 2.16. The molecule has 1 saturated heterocycles. The van der Waals surface area contributed by atoms with E-state index in [1.807, 2.05) is 20.9 Å². The second-order valence-corrected chi connectivity index (χ2v) is 12.3. The number of ether oxygens (including phenoxy) is 1. The summed E-state index contributed by atoms with van der Waals surface area (Å²) in [4.78, 5) is 67.1. The Kier molecular flexibility index (Phi) is 17.2. The van der Waals surface area contributed by atoms with Crippen molar-refractivity contribution < 1.29 is 28.7 Å². The third-order valence-electron chi connectivity index (χ3n) is 8.29. The average Bonchev–Trinajstić information content (AvgIpc) is 3.01. The molecule has 4 amide bonds. The van der Waals surface area contributed by atoms with Gasteiger partial charge in [-0.15, -0.1) is 0 Å². The van der Waals surface area contributed by atoms with Gasteiger partial charge < -0.3 is 35.3 Å². The van der Waals surface area contributed by atoms with Gasteiger partial charge in [0.25, 0.3) is 0 Å². The number of carbonyl (C=O) groups excluding carboxylic acids is 5. The highest BCUT2D eigenvalue weighted by molar-refractivity contribution is 5.92. The van der Waals surface area contributed by atoms with Gasteiger partial charge in [0.2, 0.25) is 17.7 Å². The lowest BCUT2D eigenvalue weighted by molar-refractivity contribution is -0.133. The molecule has 1 aromatic carbocycles. The molecule has 0 bridgehead atoms. The molecule has 0 spiro atoms. The maximum absolute atomic E-state index is 13.6. The van der Waals surface area contributed by atoms with Gasteiger partial charge in [-0.25, -0.2) is 4.79 Å². The molecular formula is C34H55N5O6. The number of benzene rings is 1. The van der Waals surface area contributed by atoms with Crippen LogP contribution in [0.2, 0.25) is 0 Å². The van der Waals surface area contributed by atoms with E-state index >= 15 is 0 Å². The van der Waals surface area contributed by atoms with Crippen LogP contribution in [0.15, 0.2) is 24.3 Å². The maximum Gasteiger partial charge on any atom is 0.415 e. The van der Waals surface area contributed by atoms with Gasteiger partial charge in [0.1, 0.15) is 23.6 Å². The maximum atomic E-state index is 13.6. The molecular weight excluding hydrogens is 574 g/mol. The average molecular weight is 630 g/mol. The molecule has 1 aromatic rings. The number of hydrogen-bond acceptors (Lipinski definition) is 7. The van der Waals surface area contributed by atoms with Gasteiger partial charge >= 0.3 is 6.09 Å². The minimum absolute atomic E-state index is 0.123. The first kappa shape index (κ1) is 37.7. The monoisotopic (exact) mass is 629 g/mol. The molecule has 2 rings (SSSR count).